The van der Waals surface area contributed by atoms with Crippen LogP contribution < -0.4 is 14.2 Å². The molecule has 36 heavy (non-hydrogen) atoms. The number of hydrogen-bond acceptors (Lipinski definition) is 6. The number of hydrogen-bond donors (Lipinski definition) is 0. The second-order valence-corrected chi connectivity index (χ2v) is 7.83. The van der Waals surface area contributed by atoms with E-state index in [-0.39, 0.29) is 25.0 Å². The lowest BCUT2D eigenvalue weighted by atomic mass is 9.87. The minimum absolute atomic E-state index is 0.0355. The minimum atomic E-state index is 0.0355. The highest BCUT2D eigenvalue weighted by Gasteiger charge is 2.14. The fourth-order valence-corrected chi connectivity index (χ4v) is 3.38. The van der Waals surface area contributed by atoms with Crippen LogP contribution in [0.2, 0.25) is 0 Å². The smallest absolute Gasteiger partial charge is 0.231 e. The summed E-state index contributed by atoms with van der Waals surface area (Å²) in [5.74, 6) is 2.91. The molecule has 0 saturated heterocycles. The molecule has 1 fully saturated rings. The van der Waals surface area contributed by atoms with Crippen LogP contribution in [0.5, 0.6) is 17.2 Å². The summed E-state index contributed by atoms with van der Waals surface area (Å²) in [4.78, 5) is 31.5. The molecule has 1 saturated carbocycles. The fraction of sp³-hybridized carbons (Fsp3) is 0.500. The van der Waals surface area contributed by atoms with Gasteiger partial charge in [0.05, 0.1) is 0 Å². The van der Waals surface area contributed by atoms with Gasteiger partial charge in [-0.05, 0) is 50.1 Å². The summed E-state index contributed by atoms with van der Waals surface area (Å²) in [6.07, 6.45) is 8.53. The van der Waals surface area contributed by atoms with Gasteiger partial charge in [-0.2, -0.15) is 0 Å². The molecule has 2 aromatic carbocycles. The summed E-state index contributed by atoms with van der Waals surface area (Å²) in [5.41, 5.74) is 0.652. The van der Waals surface area contributed by atoms with Crippen molar-refractivity contribution >= 4 is 17.9 Å². The zero-order chi connectivity index (χ0) is 27.2. The van der Waals surface area contributed by atoms with E-state index in [1.54, 1.807) is 18.2 Å². The normalized spacial score (nSPS) is 12.9. The number of rotatable bonds is 6. The second-order valence-electron chi connectivity index (χ2n) is 7.83. The predicted octanol–water partition coefficient (Wildman–Crippen LogP) is 7.48. The van der Waals surface area contributed by atoms with Crippen LogP contribution in [0.15, 0.2) is 48.5 Å². The number of ketones is 2. The van der Waals surface area contributed by atoms with Crippen molar-refractivity contribution < 1.29 is 28.6 Å². The molecule has 0 atom stereocenters. The van der Waals surface area contributed by atoms with Crippen LogP contribution in [-0.4, -0.2) is 31.3 Å². The quantitative estimate of drug-likeness (QED) is 0.302. The molecule has 2 aliphatic rings. The molecular weight excluding hydrogens is 456 g/mol. The van der Waals surface area contributed by atoms with Crippen LogP contribution >= 0.6 is 0 Å². The fourth-order valence-electron chi connectivity index (χ4n) is 3.38. The number of para-hydroxylation sites is 1. The standard InChI is InChI=1S/C9H8O3.C9H10O2.C8H14O.2C2H6/c1-6(10)7-2-3-8-9(4-7)12-5-11-8;1-8(10)7-11-9-5-3-2-4-6-9;9-7-6-8-4-2-1-3-5-8;2*1-2/h2-4H,5H2,1H3;2-6H,7H2,1H3;7-8H,1-6H2;2*1-2H3. The van der Waals surface area contributed by atoms with Crippen molar-refractivity contribution in [3.8, 4) is 17.2 Å². The number of ether oxygens (including phenoxy) is 3. The Morgan fingerprint density at radius 1 is 0.889 bits per heavy atom. The largest absolute Gasteiger partial charge is 0.486 e. The second kappa shape index (κ2) is 21.2. The first kappa shape index (κ1) is 32.8. The zero-order valence-electron chi connectivity index (χ0n) is 22.9. The first-order valence-electron chi connectivity index (χ1n) is 13.0. The van der Waals surface area contributed by atoms with Gasteiger partial charge < -0.3 is 19.0 Å². The minimum Gasteiger partial charge on any atom is -0.486 e. The molecule has 200 valence electrons. The van der Waals surface area contributed by atoms with Crippen molar-refractivity contribution in [3.05, 3.63) is 54.1 Å². The molecule has 0 N–H and O–H groups in total. The van der Waals surface area contributed by atoms with Gasteiger partial charge in [-0.15, -0.1) is 0 Å². The Hall–Kier alpha value is -3.15. The zero-order valence-corrected chi connectivity index (χ0v) is 22.9. The maximum atomic E-state index is 10.9. The molecule has 0 amide bonds. The highest BCUT2D eigenvalue weighted by atomic mass is 16.7. The summed E-state index contributed by atoms with van der Waals surface area (Å²) in [6, 6.07) is 14.5. The Kier molecular flexibility index (Phi) is 19.3. The summed E-state index contributed by atoms with van der Waals surface area (Å²) < 4.78 is 15.3. The van der Waals surface area contributed by atoms with E-state index in [0.717, 1.165) is 24.4 Å². The molecule has 1 heterocycles. The molecule has 0 radical (unpaired) electrons. The monoisotopic (exact) mass is 500 g/mol. The van der Waals surface area contributed by atoms with Crippen LogP contribution in [0.25, 0.3) is 0 Å². The van der Waals surface area contributed by atoms with E-state index in [2.05, 4.69) is 0 Å². The van der Waals surface area contributed by atoms with E-state index in [9.17, 15) is 14.4 Å². The lowest BCUT2D eigenvalue weighted by Gasteiger charge is -2.18. The maximum Gasteiger partial charge on any atom is 0.231 e. The number of aldehydes is 1. The van der Waals surface area contributed by atoms with Crippen molar-refractivity contribution in [3.63, 3.8) is 0 Å². The molecule has 0 bridgehead atoms. The van der Waals surface area contributed by atoms with Crippen LogP contribution in [0.1, 0.15) is 90.4 Å². The maximum absolute atomic E-state index is 10.9. The third-order valence-corrected chi connectivity index (χ3v) is 5.12. The Labute approximate surface area is 217 Å². The van der Waals surface area contributed by atoms with E-state index < -0.39 is 0 Å². The molecule has 0 unspecified atom stereocenters. The lowest BCUT2D eigenvalue weighted by Crippen LogP contribution is -2.06. The average molecular weight is 501 g/mol. The van der Waals surface area contributed by atoms with Gasteiger partial charge in [-0.3, -0.25) is 9.59 Å². The Balaban J connectivity index is 0.000000481. The highest BCUT2D eigenvalue weighted by molar-refractivity contribution is 5.94. The molecule has 6 heteroatoms. The molecule has 0 aromatic heterocycles. The molecular formula is C30H44O6. The van der Waals surface area contributed by atoms with E-state index in [0.29, 0.717) is 17.1 Å². The van der Waals surface area contributed by atoms with Crippen molar-refractivity contribution in [2.24, 2.45) is 5.92 Å². The van der Waals surface area contributed by atoms with E-state index >= 15 is 0 Å². The van der Waals surface area contributed by atoms with Crippen LogP contribution in [0, 0.1) is 5.92 Å². The number of fused-ring (bicyclic) bond motifs is 1. The third-order valence-electron chi connectivity index (χ3n) is 5.12. The van der Waals surface area contributed by atoms with Crippen molar-refractivity contribution in [1.82, 2.24) is 0 Å². The van der Waals surface area contributed by atoms with Crippen LogP contribution in [0.3, 0.4) is 0 Å². The first-order chi connectivity index (χ1) is 17.5. The van der Waals surface area contributed by atoms with Gasteiger partial charge in [0.25, 0.3) is 0 Å². The Bertz CT molecular complexity index is 857. The number of benzene rings is 2. The summed E-state index contributed by atoms with van der Waals surface area (Å²) in [6.45, 7) is 11.4. The molecule has 6 nitrogen and oxygen atoms in total. The van der Waals surface area contributed by atoms with Gasteiger partial charge in [0.2, 0.25) is 6.79 Å². The summed E-state index contributed by atoms with van der Waals surface area (Å²) >= 11 is 0. The van der Waals surface area contributed by atoms with Gasteiger partial charge in [0, 0.05) is 12.0 Å². The van der Waals surface area contributed by atoms with Gasteiger partial charge >= 0.3 is 0 Å². The molecule has 0 spiro atoms. The lowest BCUT2D eigenvalue weighted by molar-refractivity contribution is -0.119. The molecule has 1 aliphatic carbocycles. The van der Waals surface area contributed by atoms with Gasteiger partial charge in [0.1, 0.15) is 18.6 Å². The molecule has 1 aliphatic heterocycles. The molecule has 4 rings (SSSR count). The van der Waals surface area contributed by atoms with Crippen molar-refractivity contribution in [2.45, 2.75) is 80.1 Å². The highest BCUT2D eigenvalue weighted by Crippen LogP contribution is 2.32. The number of Topliss-reactive ketones (excluding diaryl/α,β-unsaturated/α-hetero) is 2. The topological polar surface area (TPSA) is 78.9 Å². The van der Waals surface area contributed by atoms with E-state index in [1.807, 2.05) is 58.0 Å². The van der Waals surface area contributed by atoms with E-state index in [4.69, 9.17) is 14.2 Å². The third kappa shape index (κ3) is 14.3. The van der Waals surface area contributed by atoms with Gasteiger partial charge in [-0.25, -0.2) is 0 Å². The number of carbonyl (C=O) groups excluding carboxylic acids is 3. The van der Waals surface area contributed by atoms with E-state index in [1.165, 1.54) is 46.0 Å². The van der Waals surface area contributed by atoms with Crippen molar-refractivity contribution in [2.75, 3.05) is 13.4 Å². The Morgan fingerprint density at radius 2 is 1.50 bits per heavy atom. The molecule has 2 aromatic rings. The predicted molar refractivity (Wildman–Crippen MR) is 145 cm³/mol. The number of carbonyl (C=O) groups is 3. The van der Waals surface area contributed by atoms with Crippen LogP contribution in [0.4, 0.5) is 0 Å². The SMILES string of the molecule is CC.CC.CC(=O)COc1ccccc1.CC(=O)c1ccc2c(c1)OCO2.O=CCC1CCCCC1. The average Bonchev–Trinajstić information content (AvgIpc) is 3.40. The first-order valence-corrected chi connectivity index (χ1v) is 13.0. The summed E-state index contributed by atoms with van der Waals surface area (Å²) in [7, 11) is 0. The van der Waals surface area contributed by atoms with Crippen LogP contribution in [-0.2, 0) is 9.59 Å². The van der Waals surface area contributed by atoms with Gasteiger partial charge in [0.15, 0.2) is 23.1 Å². The Morgan fingerprint density at radius 3 is 2.06 bits per heavy atom. The van der Waals surface area contributed by atoms with Crippen molar-refractivity contribution in [1.29, 1.82) is 0 Å². The van der Waals surface area contributed by atoms with Gasteiger partial charge in [-0.1, -0.05) is 78.0 Å². The summed E-state index contributed by atoms with van der Waals surface area (Å²) in [5, 5.41) is 0.